The van der Waals surface area contributed by atoms with Crippen molar-refractivity contribution in [1.82, 2.24) is 0 Å². The van der Waals surface area contributed by atoms with Gasteiger partial charge in [-0.15, -0.1) is 0 Å². The van der Waals surface area contributed by atoms with Crippen LogP contribution in [0.1, 0.15) is 40.5 Å². The Kier molecular flexibility index (Phi) is 2.26. The average molecular weight is 251 g/mol. The van der Waals surface area contributed by atoms with Crippen molar-refractivity contribution >= 4 is 11.7 Å². The summed E-state index contributed by atoms with van der Waals surface area (Å²) >= 11 is 0. The Morgan fingerprint density at radius 2 is 2.11 bits per heavy atom. The van der Waals surface area contributed by atoms with E-state index in [9.17, 15) is 9.90 Å². The summed E-state index contributed by atoms with van der Waals surface area (Å²) in [6.45, 7) is 8.31. The lowest BCUT2D eigenvalue weighted by molar-refractivity contribution is -0.154. The number of hydrogen-bond acceptors (Lipinski definition) is 4. The summed E-state index contributed by atoms with van der Waals surface area (Å²) in [6, 6.07) is -0.733. The second kappa shape index (κ2) is 3.35. The molecular weight excluding hydrogens is 230 g/mol. The minimum absolute atomic E-state index is 0.0101. The third kappa shape index (κ3) is 1.20. The van der Waals surface area contributed by atoms with Crippen molar-refractivity contribution in [2.24, 2.45) is 21.7 Å². The quantitative estimate of drug-likeness (QED) is 0.719. The van der Waals surface area contributed by atoms with Gasteiger partial charge in [0.1, 0.15) is 6.10 Å². The summed E-state index contributed by atoms with van der Waals surface area (Å²) in [4.78, 5) is 16.4. The zero-order valence-electron chi connectivity index (χ0n) is 11.4. The van der Waals surface area contributed by atoms with Gasteiger partial charge in [0.05, 0.1) is 11.8 Å². The molecule has 0 radical (unpaired) electrons. The van der Waals surface area contributed by atoms with E-state index in [1.165, 1.54) is 0 Å². The summed E-state index contributed by atoms with van der Waals surface area (Å²) in [7, 11) is 0. The van der Waals surface area contributed by atoms with Gasteiger partial charge in [-0.2, -0.15) is 0 Å². The number of rotatable bonds is 1. The van der Waals surface area contributed by atoms with E-state index in [2.05, 4.69) is 25.8 Å². The number of fused-ring (bicyclic) bond motifs is 5. The fourth-order valence-electron chi connectivity index (χ4n) is 4.08. The van der Waals surface area contributed by atoms with Crippen LogP contribution in [0.5, 0.6) is 0 Å². The number of aliphatic hydroxyl groups is 1. The lowest BCUT2D eigenvalue weighted by atomic mass is 9.70. The molecule has 1 N–H and O–H groups in total. The molecule has 0 aromatic carbocycles. The number of aliphatic imine (C=N–C) groups is 1. The molecule has 1 unspecified atom stereocenters. The smallest absolute Gasteiger partial charge is 0.334 e. The van der Waals surface area contributed by atoms with E-state index in [1.807, 2.05) is 0 Å². The van der Waals surface area contributed by atoms with E-state index in [1.54, 1.807) is 6.92 Å². The third-order valence-corrected chi connectivity index (χ3v) is 5.72. The normalized spacial score (nSPS) is 46.4. The van der Waals surface area contributed by atoms with Crippen LogP contribution in [-0.4, -0.2) is 35.0 Å². The van der Waals surface area contributed by atoms with Crippen LogP contribution >= 0.6 is 0 Å². The minimum Gasteiger partial charge on any atom is -0.454 e. The Bertz CT molecular complexity index is 440. The first-order chi connectivity index (χ1) is 8.29. The molecule has 0 saturated heterocycles. The van der Waals surface area contributed by atoms with Crippen LogP contribution in [0.4, 0.5) is 0 Å². The predicted octanol–water partition coefficient (Wildman–Crippen LogP) is 1.56. The van der Waals surface area contributed by atoms with Crippen molar-refractivity contribution in [3.63, 3.8) is 0 Å². The predicted molar refractivity (Wildman–Crippen MR) is 67.4 cm³/mol. The van der Waals surface area contributed by atoms with Crippen molar-refractivity contribution in [3.05, 3.63) is 0 Å². The van der Waals surface area contributed by atoms with Crippen LogP contribution in [0.2, 0.25) is 0 Å². The lowest BCUT2D eigenvalue weighted by Crippen LogP contribution is -2.47. The Morgan fingerprint density at radius 3 is 2.72 bits per heavy atom. The van der Waals surface area contributed by atoms with Gasteiger partial charge in [-0.05, 0) is 25.2 Å². The molecule has 100 valence electrons. The number of esters is 1. The molecule has 4 heteroatoms. The standard InChI is InChI=1S/C14H21NO3/c1-7(16)9-12(17)18-10-8-5-6-14(4,11(10)15-9)13(8,2)3/h7-10,16H,5-6H2,1-4H3/t7-,8+,9-,10?,14-/m0/s1. The fourth-order valence-corrected chi connectivity index (χ4v) is 4.08. The molecule has 1 heterocycles. The molecule has 18 heavy (non-hydrogen) atoms. The highest BCUT2D eigenvalue weighted by Crippen LogP contribution is 2.65. The van der Waals surface area contributed by atoms with E-state index >= 15 is 0 Å². The largest absolute Gasteiger partial charge is 0.454 e. The molecule has 2 saturated carbocycles. The molecule has 1 aliphatic heterocycles. The molecule has 0 spiro atoms. The number of ether oxygens (including phenoxy) is 1. The maximum absolute atomic E-state index is 11.9. The molecule has 4 nitrogen and oxygen atoms in total. The van der Waals surface area contributed by atoms with Gasteiger partial charge >= 0.3 is 5.97 Å². The second-order valence-electron chi connectivity index (χ2n) is 6.76. The van der Waals surface area contributed by atoms with E-state index in [0.717, 1.165) is 18.6 Å². The van der Waals surface area contributed by atoms with Crippen LogP contribution in [0.25, 0.3) is 0 Å². The van der Waals surface area contributed by atoms with Crippen LogP contribution < -0.4 is 0 Å². The monoisotopic (exact) mass is 251 g/mol. The Balaban J connectivity index is 2.08. The Hall–Kier alpha value is -0.900. The van der Waals surface area contributed by atoms with Gasteiger partial charge in [0.15, 0.2) is 6.04 Å². The molecule has 2 bridgehead atoms. The van der Waals surface area contributed by atoms with E-state index in [-0.39, 0.29) is 22.9 Å². The van der Waals surface area contributed by atoms with Crippen LogP contribution in [0, 0.1) is 16.7 Å². The van der Waals surface area contributed by atoms with Crippen LogP contribution in [0.15, 0.2) is 4.99 Å². The molecule has 5 atom stereocenters. The molecule has 3 rings (SSSR count). The molecule has 3 aliphatic rings. The zero-order valence-corrected chi connectivity index (χ0v) is 11.4. The SMILES string of the molecule is C[C@H](O)[C@@H]1N=C2C(OC1=O)[C@H]1CC[C@]2(C)C1(C)C. The number of hydrogen-bond donors (Lipinski definition) is 1. The minimum atomic E-state index is -0.781. The van der Waals surface area contributed by atoms with Crippen molar-refractivity contribution in [1.29, 1.82) is 0 Å². The maximum Gasteiger partial charge on any atom is 0.334 e. The van der Waals surface area contributed by atoms with Crippen molar-refractivity contribution < 1.29 is 14.6 Å². The summed E-state index contributed by atoms with van der Waals surface area (Å²) in [5.74, 6) is 0.00542. The third-order valence-electron chi connectivity index (χ3n) is 5.72. The first kappa shape index (κ1) is 12.2. The van der Waals surface area contributed by atoms with E-state index in [4.69, 9.17) is 4.74 Å². The second-order valence-corrected chi connectivity index (χ2v) is 6.76. The fraction of sp³-hybridized carbons (Fsp3) is 0.857. The van der Waals surface area contributed by atoms with Gasteiger partial charge in [0.25, 0.3) is 0 Å². The zero-order chi connectivity index (χ0) is 13.3. The Labute approximate surface area is 107 Å². The average Bonchev–Trinajstić information content (AvgIpc) is 2.58. The van der Waals surface area contributed by atoms with Crippen LogP contribution in [0.3, 0.4) is 0 Å². The molecule has 2 fully saturated rings. The lowest BCUT2D eigenvalue weighted by Gasteiger charge is -2.36. The highest BCUT2D eigenvalue weighted by molar-refractivity contribution is 6.03. The van der Waals surface area contributed by atoms with Crippen molar-refractivity contribution in [2.75, 3.05) is 0 Å². The van der Waals surface area contributed by atoms with E-state index in [0.29, 0.717) is 5.92 Å². The van der Waals surface area contributed by atoms with Gasteiger partial charge in [0.2, 0.25) is 0 Å². The van der Waals surface area contributed by atoms with E-state index < -0.39 is 12.1 Å². The highest BCUT2D eigenvalue weighted by atomic mass is 16.5. The van der Waals surface area contributed by atoms with Gasteiger partial charge in [-0.1, -0.05) is 20.8 Å². The topological polar surface area (TPSA) is 58.9 Å². The number of aliphatic hydroxyl groups excluding tert-OH is 1. The summed E-state index contributed by atoms with van der Waals surface area (Å²) in [6.07, 6.45) is 1.27. The molecule has 0 aromatic rings. The molecule has 0 aromatic heterocycles. The number of carbonyl (C=O) groups is 1. The number of nitrogens with zero attached hydrogens (tertiary/aromatic N) is 1. The number of carbonyl (C=O) groups excluding carboxylic acids is 1. The van der Waals surface area contributed by atoms with Crippen molar-refractivity contribution in [3.8, 4) is 0 Å². The maximum atomic E-state index is 11.9. The van der Waals surface area contributed by atoms with Gasteiger partial charge in [-0.25, -0.2) is 4.79 Å². The van der Waals surface area contributed by atoms with Crippen LogP contribution in [-0.2, 0) is 9.53 Å². The molecule has 2 aliphatic carbocycles. The first-order valence-electron chi connectivity index (χ1n) is 6.76. The van der Waals surface area contributed by atoms with Crippen molar-refractivity contribution in [2.45, 2.75) is 58.8 Å². The summed E-state index contributed by atoms with van der Waals surface area (Å²) in [5, 5.41) is 9.64. The summed E-state index contributed by atoms with van der Waals surface area (Å²) in [5.41, 5.74) is 1.13. The molecular formula is C14H21NO3. The highest BCUT2D eigenvalue weighted by Gasteiger charge is 2.67. The molecule has 0 amide bonds. The van der Waals surface area contributed by atoms with Gasteiger partial charge in [-0.3, -0.25) is 4.99 Å². The van der Waals surface area contributed by atoms with Gasteiger partial charge in [0, 0.05) is 11.3 Å². The van der Waals surface area contributed by atoms with Gasteiger partial charge < -0.3 is 9.84 Å². The summed E-state index contributed by atoms with van der Waals surface area (Å²) < 4.78 is 5.59. The Morgan fingerprint density at radius 1 is 1.44 bits per heavy atom. The first-order valence-corrected chi connectivity index (χ1v) is 6.76.